The van der Waals surface area contributed by atoms with Crippen LogP contribution in [0.25, 0.3) is 17.0 Å². The molecule has 4 rings (SSSR count). The van der Waals surface area contributed by atoms with Gasteiger partial charge in [0.1, 0.15) is 23.4 Å². The molecule has 330 valence electrons. The first-order valence-electron chi connectivity index (χ1n) is 20.2. The predicted molar refractivity (Wildman–Crippen MR) is 231 cm³/mol. The second-order valence-electron chi connectivity index (χ2n) is 15.6. The average molecular weight is 854 g/mol. The Morgan fingerprint density at radius 1 is 0.823 bits per heavy atom. The van der Waals surface area contributed by atoms with Gasteiger partial charge in [-0.3, -0.25) is 28.8 Å². The van der Waals surface area contributed by atoms with Crippen molar-refractivity contribution in [2.75, 3.05) is 13.6 Å². The molecule has 17 heteroatoms. The quantitative estimate of drug-likeness (QED) is 0.0471. The van der Waals surface area contributed by atoms with Crippen molar-refractivity contribution in [2.45, 2.75) is 89.1 Å². The molecule has 0 aliphatic carbocycles. The van der Waals surface area contributed by atoms with Crippen LogP contribution in [-0.2, 0) is 46.3 Å². The number of hydrogen-bond donors (Lipinski definition) is 8. The van der Waals surface area contributed by atoms with Gasteiger partial charge in [-0.15, -0.1) is 0 Å². The molecule has 0 saturated carbocycles. The van der Waals surface area contributed by atoms with E-state index in [1.165, 1.54) is 25.3 Å². The van der Waals surface area contributed by atoms with E-state index in [4.69, 9.17) is 10.5 Å². The maximum atomic E-state index is 14.8. The van der Waals surface area contributed by atoms with Gasteiger partial charge in [0.2, 0.25) is 11.8 Å². The molecule has 0 fully saturated rings. The first-order chi connectivity index (χ1) is 29.4. The SMILES string of the molecule is CNC(Cc1ccccc1)C(=O)N(C(=O)C(Cc1c[nH]c2ccccc12)NC(=O)OC(C)(C)C)C(=O)C(CC(=O)O)NC(=O)C(N)CCCCNC(=O)/C=C/c1ccc(O)cc1. The third-order valence-corrected chi connectivity index (χ3v) is 9.57. The number of ether oxygens (including phenoxy) is 1. The number of nitrogens with two attached hydrogens (primary N) is 1. The van der Waals surface area contributed by atoms with E-state index in [-0.39, 0.29) is 37.5 Å². The number of benzene rings is 3. The van der Waals surface area contributed by atoms with Gasteiger partial charge in [-0.25, -0.2) is 9.69 Å². The normalized spacial score (nSPS) is 13.4. The number of aliphatic carboxylic acids is 1. The molecule has 1 heterocycles. The zero-order valence-electron chi connectivity index (χ0n) is 35.2. The van der Waals surface area contributed by atoms with Crippen LogP contribution < -0.4 is 27.0 Å². The predicted octanol–water partition coefficient (Wildman–Crippen LogP) is 3.31. The average Bonchev–Trinajstić information content (AvgIpc) is 3.63. The standard InChI is InChI=1S/C45H55N7O10/c1-45(2,3)62-44(61)51-36(25-30-27-49-34-16-9-8-14-32(30)34)42(59)52(41(58)35(47-4)24-29-12-6-5-7-13-29)43(60)37(26-39(55)56)50-40(57)33(46)15-10-11-23-48-38(54)22-19-28-17-20-31(53)21-18-28/h5-9,12-14,16-22,27,33,35-37,47,49,53H,10-11,15,23-26,46H2,1-4H3,(H,48,54)(H,50,57)(H,51,61)(H,55,56)/b22-19+. The zero-order chi connectivity index (χ0) is 45.4. The number of aromatic hydroxyl groups is 1. The Kier molecular flexibility index (Phi) is 17.5. The highest BCUT2D eigenvalue weighted by Crippen LogP contribution is 2.21. The molecule has 0 spiro atoms. The summed E-state index contributed by atoms with van der Waals surface area (Å²) in [5.74, 6) is -6.31. The number of H-pyrrole nitrogens is 1. The van der Waals surface area contributed by atoms with Gasteiger partial charge in [-0.1, -0.05) is 60.7 Å². The van der Waals surface area contributed by atoms with E-state index in [0.717, 1.165) is 5.52 Å². The van der Waals surface area contributed by atoms with E-state index in [9.17, 15) is 43.8 Å². The highest BCUT2D eigenvalue weighted by Gasteiger charge is 2.42. The number of carbonyl (C=O) groups is 7. The summed E-state index contributed by atoms with van der Waals surface area (Å²) in [4.78, 5) is 98.4. The van der Waals surface area contributed by atoms with Crippen molar-refractivity contribution in [3.8, 4) is 5.75 Å². The largest absolute Gasteiger partial charge is 0.508 e. The Morgan fingerprint density at radius 3 is 2.13 bits per heavy atom. The number of unbranched alkanes of at least 4 members (excludes halogenated alkanes) is 1. The minimum Gasteiger partial charge on any atom is -0.508 e. The number of imide groups is 3. The molecule has 9 N–H and O–H groups in total. The highest BCUT2D eigenvalue weighted by molar-refractivity contribution is 6.16. The Bertz CT molecular complexity index is 2220. The van der Waals surface area contributed by atoms with Crippen molar-refractivity contribution in [1.82, 2.24) is 31.2 Å². The fraction of sp³-hybridized carbons (Fsp3) is 0.356. The summed E-state index contributed by atoms with van der Waals surface area (Å²) in [6, 6.07) is 16.2. The maximum Gasteiger partial charge on any atom is 0.408 e. The molecular weight excluding hydrogens is 799 g/mol. The van der Waals surface area contributed by atoms with E-state index < -0.39 is 71.9 Å². The molecule has 0 radical (unpaired) electrons. The van der Waals surface area contributed by atoms with Crippen molar-refractivity contribution in [2.24, 2.45) is 5.73 Å². The lowest BCUT2D eigenvalue weighted by Crippen LogP contribution is -2.62. The molecule has 0 aliphatic heterocycles. The number of nitrogens with one attached hydrogen (secondary N) is 5. The van der Waals surface area contributed by atoms with Crippen LogP contribution in [0.3, 0.4) is 0 Å². The molecule has 0 bridgehead atoms. The number of fused-ring (bicyclic) bond motifs is 1. The number of alkyl carbamates (subject to hydrolysis) is 1. The van der Waals surface area contributed by atoms with Gasteiger partial charge < -0.3 is 46.9 Å². The van der Waals surface area contributed by atoms with Gasteiger partial charge in [-0.2, -0.15) is 0 Å². The molecule has 4 unspecified atom stereocenters. The van der Waals surface area contributed by atoms with Crippen molar-refractivity contribution >= 4 is 58.6 Å². The Morgan fingerprint density at radius 2 is 1.47 bits per heavy atom. The number of likely N-dealkylation sites (N-methyl/N-ethyl adjacent to an activating group) is 1. The van der Waals surface area contributed by atoms with Crippen LogP contribution in [0.4, 0.5) is 4.79 Å². The van der Waals surface area contributed by atoms with Crippen molar-refractivity contribution in [1.29, 1.82) is 0 Å². The minimum atomic E-state index is -1.94. The lowest BCUT2D eigenvalue weighted by atomic mass is 10.0. The number of para-hydroxylation sites is 1. The summed E-state index contributed by atoms with van der Waals surface area (Å²) >= 11 is 0. The number of nitrogens with zero attached hydrogens (tertiary/aromatic N) is 1. The van der Waals surface area contributed by atoms with Gasteiger partial charge in [0.15, 0.2) is 0 Å². The first-order valence-corrected chi connectivity index (χ1v) is 20.2. The number of rotatable bonds is 20. The molecule has 4 atom stereocenters. The number of carbonyl (C=O) groups excluding carboxylic acids is 6. The van der Waals surface area contributed by atoms with Gasteiger partial charge in [0, 0.05) is 36.1 Å². The third-order valence-electron chi connectivity index (χ3n) is 9.57. The van der Waals surface area contributed by atoms with E-state index in [2.05, 4.69) is 26.3 Å². The number of phenolic OH excluding ortho intramolecular Hbond substituents is 1. The Hall–Kier alpha value is -6.85. The van der Waals surface area contributed by atoms with Crippen LogP contribution in [0.1, 0.15) is 63.1 Å². The minimum absolute atomic E-state index is 0.00975. The number of phenols is 1. The first kappa shape index (κ1) is 47.8. The fourth-order valence-corrected chi connectivity index (χ4v) is 6.43. The Labute approximate surface area is 359 Å². The molecule has 0 saturated heterocycles. The summed E-state index contributed by atoms with van der Waals surface area (Å²) in [6.45, 7) is 5.10. The number of hydrogen-bond acceptors (Lipinski definition) is 11. The van der Waals surface area contributed by atoms with E-state index in [0.29, 0.717) is 39.8 Å². The summed E-state index contributed by atoms with van der Waals surface area (Å²) in [7, 11) is 1.45. The van der Waals surface area contributed by atoms with Crippen LogP contribution >= 0.6 is 0 Å². The van der Waals surface area contributed by atoms with Crippen LogP contribution in [-0.4, -0.2) is 105 Å². The van der Waals surface area contributed by atoms with E-state index in [1.54, 1.807) is 99.8 Å². The fourth-order valence-electron chi connectivity index (χ4n) is 6.43. The van der Waals surface area contributed by atoms with Gasteiger partial charge >= 0.3 is 12.1 Å². The van der Waals surface area contributed by atoms with Crippen molar-refractivity contribution in [3.63, 3.8) is 0 Å². The van der Waals surface area contributed by atoms with E-state index in [1.807, 2.05) is 0 Å². The van der Waals surface area contributed by atoms with Crippen molar-refractivity contribution in [3.05, 3.63) is 108 Å². The number of carboxylic acid groups (broad SMARTS) is 1. The Balaban J connectivity index is 1.56. The number of aromatic amines is 1. The topological polar surface area (TPSA) is 262 Å². The van der Waals surface area contributed by atoms with Gasteiger partial charge in [0.05, 0.1) is 18.5 Å². The second-order valence-corrected chi connectivity index (χ2v) is 15.6. The molecule has 4 aromatic rings. The number of amides is 6. The highest BCUT2D eigenvalue weighted by atomic mass is 16.6. The lowest BCUT2D eigenvalue weighted by Gasteiger charge is -2.31. The summed E-state index contributed by atoms with van der Waals surface area (Å²) in [5.41, 5.74) is 7.84. The molecule has 1 aromatic heterocycles. The monoisotopic (exact) mass is 853 g/mol. The van der Waals surface area contributed by atoms with Crippen LogP contribution in [0.5, 0.6) is 5.75 Å². The van der Waals surface area contributed by atoms with Crippen LogP contribution in [0, 0.1) is 0 Å². The molecule has 6 amide bonds. The smallest absolute Gasteiger partial charge is 0.408 e. The zero-order valence-corrected chi connectivity index (χ0v) is 35.2. The van der Waals surface area contributed by atoms with Crippen molar-refractivity contribution < 1.29 is 48.5 Å². The molecule has 0 aliphatic rings. The molecule has 3 aromatic carbocycles. The third kappa shape index (κ3) is 14.7. The number of aromatic nitrogens is 1. The molecular formula is C45H55N7O10. The summed E-state index contributed by atoms with van der Waals surface area (Å²) in [6.07, 6.45) is 3.14. The van der Waals surface area contributed by atoms with Crippen LogP contribution in [0.2, 0.25) is 0 Å². The number of carboxylic acids is 1. The van der Waals surface area contributed by atoms with Gasteiger partial charge in [0.25, 0.3) is 17.7 Å². The lowest BCUT2D eigenvalue weighted by molar-refractivity contribution is -0.159. The van der Waals surface area contributed by atoms with Gasteiger partial charge in [-0.05, 0) is 94.5 Å². The summed E-state index contributed by atoms with van der Waals surface area (Å²) < 4.78 is 5.45. The second kappa shape index (κ2) is 22.7. The maximum absolute atomic E-state index is 14.8. The van der Waals surface area contributed by atoms with E-state index >= 15 is 0 Å². The molecule has 17 nitrogen and oxygen atoms in total. The summed E-state index contributed by atoms with van der Waals surface area (Å²) in [5, 5.41) is 30.4. The van der Waals surface area contributed by atoms with Crippen LogP contribution in [0.15, 0.2) is 91.1 Å². The molecule has 62 heavy (non-hydrogen) atoms.